The first kappa shape index (κ1) is 13.8. The van der Waals surface area contributed by atoms with E-state index in [0.29, 0.717) is 0 Å². The van der Waals surface area contributed by atoms with Gasteiger partial charge in [-0.2, -0.15) is 0 Å². The van der Waals surface area contributed by atoms with Gasteiger partial charge in [-0.1, -0.05) is 0 Å². The molecule has 3 unspecified atom stereocenters. The lowest BCUT2D eigenvalue weighted by Gasteiger charge is -2.38. The zero-order chi connectivity index (χ0) is 13.2. The number of hydrogen-bond acceptors (Lipinski definition) is 7. The van der Waals surface area contributed by atoms with Gasteiger partial charge in [0.1, 0.15) is 24.9 Å². The van der Waals surface area contributed by atoms with E-state index in [1.54, 1.807) is 0 Å². The smallest absolute Gasteiger partial charge is 0.249 e. The van der Waals surface area contributed by atoms with Crippen molar-refractivity contribution >= 4 is 11.8 Å². The van der Waals surface area contributed by atoms with Crippen LogP contribution in [0.5, 0.6) is 0 Å². The predicted molar refractivity (Wildman–Crippen MR) is 51.0 cm³/mol. The molecule has 1 fully saturated rings. The third kappa shape index (κ3) is 3.11. The van der Waals surface area contributed by atoms with E-state index in [2.05, 4.69) is 0 Å². The fourth-order valence-corrected chi connectivity index (χ4v) is 1.39. The number of rotatable bonds is 4. The third-order valence-corrected chi connectivity index (χ3v) is 2.24. The molecule has 1 aliphatic rings. The highest BCUT2D eigenvalue weighted by Crippen LogP contribution is 2.21. The normalized spacial score (nSPS) is 37.7. The van der Waals surface area contributed by atoms with Crippen LogP contribution in [0.3, 0.4) is 0 Å². The first-order chi connectivity index (χ1) is 7.84. The first-order valence-corrected chi connectivity index (χ1v) is 4.73. The van der Waals surface area contributed by atoms with E-state index in [0.717, 1.165) is 0 Å². The van der Waals surface area contributed by atoms with Crippen LogP contribution in [0.2, 0.25) is 0 Å². The summed E-state index contributed by atoms with van der Waals surface area (Å²) in [5.74, 6) is -1.85. The molecule has 1 saturated heterocycles. The van der Waals surface area contributed by atoms with Gasteiger partial charge >= 0.3 is 0 Å². The van der Waals surface area contributed by atoms with E-state index in [-0.39, 0.29) is 0 Å². The average Bonchev–Trinajstić information content (AvgIpc) is 2.24. The monoisotopic (exact) mass is 250 g/mol. The van der Waals surface area contributed by atoms with Crippen molar-refractivity contribution in [1.82, 2.24) is 0 Å². The molecule has 2 amide bonds. The SMILES string of the molecule is NC(=O)CO[C@@H]1OC(C(N)=O)[C@H](O)C(O)C1O. The maximum absolute atomic E-state index is 10.9. The Hall–Kier alpha value is -1.26. The molecule has 0 aromatic heterocycles. The Morgan fingerprint density at radius 3 is 2.18 bits per heavy atom. The van der Waals surface area contributed by atoms with Crippen LogP contribution in [-0.2, 0) is 19.1 Å². The van der Waals surface area contributed by atoms with E-state index in [1.165, 1.54) is 0 Å². The number of hydrogen-bond donors (Lipinski definition) is 5. The second-order valence-corrected chi connectivity index (χ2v) is 3.58. The Balaban J connectivity index is 2.71. The van der Waals surface area contributed by atoms with Crippen molar-refractivity contribution in [2.45, 2.75) is 30.7 Å². The number of carbonyl (C=O) groups is 2. The summed E-state index contributed by atoms with van der Waals surface area (Å²) in [6.07, 6.45) is -7.99. The highest BCUT2D eigenvalue weighted by Gasteiger charge is 2.46. The predicted octanol–water partition coefficient (Wildman–Crippen LogP) is -4.22. The Bertz CT molecular complexity index is 310. The molecule has 0 aromatic carbocycles. The molecule has 0 saturated carbocycles. The topological polar surface area (TPSA) is 165 Å². The van der Waals surface area contributed by atoms with Crippen LogP contribution in [0.15, 0.2) is 0 Å². The number of aliphatic hydroxyl groups excluding tert-OH is 3. The van der Waals surface area contributed by atoms with Crippen LogP contribution in [0.1, 0.15) is 0 Å². The molecule has 1 heterocycles. The summed E-state index contributed by atoms with van der Waals surface area (Å²) in [4.78, 5) is 21.4. The molecule has 5 atom stereocenters. The zero-order valence-corrected chi connectivity index (χ0v) is 8.72. The van der Waals surface area contributed by atoms with Crippen molar-refractivity contribution < 1.29 is 34.4 Å². The van der Waals surface area contributed by atoms with Gasteiger partial charge in [-0.3, -0.25) is 9.59 Å². The Morgan fingerprint density at radius 1 is 1.12 bits per heavy atom. The molecule has 98 valence electrons. The second kappa shape index (κ2) is 5.38. The maximum Gasteiger partial charge on any atom is 0.249 e. The highest BCUT2D eigenvalue weighted by atomic mass is 16.7. The largest absolute Gasteiger partial charge is 0.387 e. The molecule has 1 aliphatic heterocycles. The molecule has 0 radical (unpaired) electrons. The minimum Gasteiger partial charge on any atom is -0.387 e. The number of carbonyl (C=O) groups excluding carboxylic acids is 2. The molecule has 9 nitrogen and oxygen atoms in total. The molecule has 0 aliphatic carbocycles. The van der Waals surface area contributed by atoms with Crippen molar-refractivity contribution in [3.63, 3.8) is 0 Å². The van der Waals surface area contributed by atoms with Gasteiger partial charge in [0.15, 0.2) is 12.4 Å². The average molecular weight is 250 g/mol. The minimum atomic E-state index is -1.68. The zero-order valence-electron chi connectivity index (χ0n) is 8.72. The van der Waals surface area contributed by atoms with Gasteiger partial charge in [-0.05, 0) is 0 Å². The Morgan fingerprint density at radius 2 is 1.71 bits per heavy atom. The molecule has 0 bridgehead atoms. The lowest BCUT2D eigenvalue weighted by Crippen LogP contribution is -2.61. The van der Waals surface area contributed by atoms with Gasteiger partial charge in [0.2, 0.25) is 11.8 Å². The lowest BCUT2D eigenvalue weighted by atomic mass is 9.98. The van der Waals surface area contributed by atoms with Gasteiger partial charge in [0, 0.05) is 0 Å². The van der Waals surface area contributed by atoms with E-state index < -0.39 is 49.1 Å². The lowest BCUT2D eigenvalue weighted by molar-refractivity contribution is -0.288. The molecule has 17 heavy (non-hydrogen) atoms. The van der Waals surface area contributed by atoms with Crippen molar-refractivity contribution in [2.75, 3.05) is 6.61 Å². The van der Waals surface area contributed by atoms with Crippen molar-refractivity contribution in [2.24, 2.45) is 11.5 Å². The third-order valence-electron chi connectivity index (χ3n) is 2.24. The van der Waals surface area contributed by atoms with Gasteiger partial charge in [-0.15, -0.1) is 0 Å². The summed E-state index contributed by atoms with van der Waals surface area (Å²) in [5, 5.41) is 28.3. The molecule has 1 rings (SSSR count). The molecule has 0 spiro atoms. The summed E-state index contributed by atoms with van der Waals surface area (Å²) < 4.78 is 9.56. The number of aliphatic hydroxyl groups is 3. The van der Waals surface area contributed by atoms with E-state index in [1.807, 2.05) is 0 Å². The molecule has 0 aromatic rings. The summed E-state index contributed by atoms with van der Waals surface area (Å²) >= 11 is 0. The molecule has 7 N–H and O–H groups in total. The van der Waals surface area contributed by atoms with Crippen molar-refractivity contribution in [3.8, 4) is 0 Å². The summed E-state index contributed by atoms with van der Waals surface area (Å²) in [5.41, 5.74) is 9.73. The van der Waals surface area contributed by atoms with Crippen LogP contribution in [0, 0.1) is 0 Å². The summed E-state index contributed by atoms with van der Waals surface area (Å²) in [6.45, 7) is -0.573. The van der Waals surface area contributed by atoms with Gasteiger partial charge in [-0.25, -0.2) is 0 Å². The maximum atomic E-state index is 10.9. The minimum absolute atomic E-state index is 0.573. The fraction of sp³-hybridized carbons (Fsp3) is 0.750. The van der Waals surface area contributed by atoms with E-state index >= 15 is 0 Å². The van der Waals surface area contributed by atoms with Crippen LogP contribution < -0.4 is 11.5 Å². The molecular weight excluding hydrogens is 236 g/mol. The number of nitrogens with two attached hydrogens (primary N) is 2. The van der Waals surface area contributed by atoms with Crippen LogP contribution in [0.25, 0.3) is 0 Å². The molecular formula is C8H14N2O7. The standard InChI is InChI=1S/C8H14N2O7/c9-2(11)1-16-8-5(14)3(12)4(13)6(17-8)7(10)15/h3-6,8,12-14H,1H2,(H2,9,11)(H2,10,15)/t3?,4-,5?,6?,8-/m1/s1. The number of primary amides is 2. The van der Waals surface area contributed by atoms with Crippen molar-refractivity contribution in [3.05, 3.63) is 0 Å². The quantitative estimate of drug-likeness (QED) is 0.337. The number of amides is 2. The van der Waals surface area contributed by atoms with Crippen LogP contribution >= 0.6 is 0 Å². The first-order valence-electron chi connectivity index (χ1n) is 4.73. The second-order valence-electron chi connectivity index (χ2n) is 3.58. The van der Waals surface area contributed by atoms with Crippen molar-refractivity contribution in [1.29, 1.82) is 0 Å². The number of ether oxygens (including phenoxy) is 2. The Labute approximate surface area is 95.9 Å². The fourth-order valence-electron chi connectivity index (χ4n) is 1.39. The van der Waals surface area contributed by atoms with Crippen LogP contribution in [-0.4, -0.2) is 64.4 Å². The Kier molecular flexibility index (Phi) is 4.37. The van der Waals surface area contributed by atoms with Gasteiger partial charge in [0.25, 0.3) is 0 Å². The van der Waals surface area contributed by atoms with Gasteiger partial charge in [0.05, 0.1) is 0 Å². The van der Waals surface area contributed by atoms with E-state index in [9.17, 15) is 24.9 Å². The van der Waals surface area contributed by atoms with Gasteiger partial charge < -0.3 is 36.3 Å². The van der Waals surface area contributed by atoms with E-state index in [4.69, 9.17) is 20.9 Å². The highest BCUT2D eigenvalue weighted by molar-refractivity contribution is 5.79. The summed E-state index contributed by atoms with van der Waals surface area (Å²) in [6, 6.07) is 0. The van der Waals surface area contributed by atoms with Crippen LogP contribution in [0.4, 0.5) is 0 Å². The summed E-state index contributed by atoms with van der Waals surface area (Å²) in [7, 11) is 0. The molecule has 9 heteroatoms.